The van der Waals surface area contributed by atoms with Crippen molar-refractivity contribution in [2.75, 3.05) is 26.6 Å². The minimum Gasteiger partial charge on any atom is -0.493 e. The predicted octanol–water partition coefficient (Wildman–Crippen LogP) is 3.48. The van der Waals surface area contributed by atoms with Gasteiger partial charge in [-0.25, -0.2) is 0 Å². The Morgan fingerprint density at radius 1 is 1.00 bits per heavy atom. The molecule has 0 aliphatic heterocycles. The maximum Gasteiger partial charge on any atom is 0.257 e. The van der Waals surface area contributed by atoms with Crippen molar-refractivity contribution in [2.45, 2.75) is 0 Å². The highest BCUT2D eigenvalue weighted by molar-refractivity contribution is 7.10. The van der Waals surface area contributed by atoms with Crippen LogP contribution in [0.3, 0.4) is 0 Å². The van der Waals surface area contributed by atoms with Crippen molar-refractivity contribution in [1.29, 1.82) is 0 Å². The summed E-state index contributed by atoms with van der Waals surface area (Å²) in [6.45, 7) is 0. The van der Waals surface area contributed by atoms with Gasteiger partial charge in [0.25, 0.3) is 5.91 Å². The topological polar surface area (TPSA) is 82.6 Å². The molecule has 0 bridgehead atoms. The van der Waals surface area contributed by atoms with Crippen LogP contribution in [-0.2, 0) is 0 Å². The summed E-state index contributed by atoms with van der Waals surface area (Å²) in [5.41, 5.74) is 1.24. The molecule has 1 aromatic heterocycles. The minimum atomic E-state index is -0.347. The molecule has 2 aromatic carbocycles. The molecule has 0 fully saturated rings. The lowest BCUT2D eigenvalue weighted by Crippen LogP contribution is -2.12. The first-order valence-electron chi connectivity index (χ1n) is 7.66. The van der Waals surface area contributed by atoms with Gasteiger partial charge in [0.05, 0.1) is 21.3 Å². The fourth-order valence-corrected chi connectivity index (χ4v) is 2.95. The van der Waals surface area contributed by atoms with Crippen LogP contribution in [0.15, 0.2) is 42.5 Å². The zero-order valence-electron chi connectivity index (χ0n) is 14.5. The van der Waals surface area contributed by atoms with Gasteiger partial charge < -0.3 is 14.2 Å². The van der Waals surface area contributed by atoms with Gasteiger partial charge in [0, 0.05) is 22.7 Å². The lowest BCUT2D eigenvalue weighted by molar-refractivity contribution is 0.102. The third-order valence-electron chi connectivity index (χ3n) is 3.61. The van der Waals surface area contributed by atoms with Gasteiger partial charge in [0.1, 0.15) is 0 Å². The van der Waals surface area contributed by atoms with E-state index in [1.165, 1.54) is 21.3 Å². The number of nitrogens with zero attached hydrogens (tertiary/aromatic N) is 2. The fourth-order valence-electron chi connectivity index (χ4n) is 2.36. The molecular formula is C18H17N3O4S. The molecule has 0 atom stereocenters. The Labute approximate surface area is 154 Å². The number of methoxy groups -OCH3 is 3. The van der Waals surface area contributed by atoms with Gasteiger partial charge in [-0.05, 0) is 12.1 Å². The summed E-state index contributed by atoms with van der Waals surface area (Å²) in [6, 6.07) is 12.7. The summed E-state index contributed by atoms with van der Waals surface area (Å²) in [6.07, 6.45) is 0. The lowest BCUT2D eigenvalue weighted by Gasteiger charge is -2.13. The Hall–Kier alpha value is -3.13. The molecular weight excluding hydrogens is 354 g/mol. The highest BCUT2D eigenvalue weighted by Gasteiger charge is 2.18. The second-order valence-electron chi connectivity index (χ2n) is 5.16. The number of hydrogen-bond donors (Lipinski definition) is 1. The van der Waals surface area contributed by atoms with E-state index in [1.807, 2.05) is 30.3 Å². The average molecular weight is 371 g/mol. The van der Waals surface area contributed by atoms with Crippen LogP contribution in [0.5, 0.6) is 17.2 Å². The number of benzene rings is 2. The van der Waals surface area contributed by atoms with Gasteiger partial charge in [-0.1, -0.05) is 30.3 Å². The summed E-state index contributed by atoms with van der Waals surface area (Å²) >= 11 is 1.11. The molecule has 8 heteroatoms. The van der Waals surface area contributed by atoms with E-state index in [1.54, 1.807) is 12.1 Å². The van der Waals surface area contributed by atoms with Gasteiger partial charge in [-0.2, -0.15) is 9.36 Å². The van der Waals surface area contributed by atoms with Crippen molar-refractivity contribution < 1.29 is 19.0 Å². The monoisotopic (exact) mass is 371 g/mol. The van der Waals surface area contributed by atoms with Crippen molar-refractivity contribution in [2.24, 2.45) is 0 Å². The van der Waals surface area contributed by atoms with E-state index in [-0.39, 0.29) is 5.91 Å². The number of aromatic nitrogens is 2. The van der Waals surface area contributed by atoms with Crippen molar-refractivity contribution >= 4 is 22.6 Å². The smallest absolute Gasteiger partial charge is 0.257 e. The second-order valence-corrected chi connectivity index (χ2v) is 5.91. The fraction of sp³-hybridized carbons (Fsp3) is 0.167. The third-order valence-corrected chi connectivity index (χ3v) is 4.24. The molecule has 26 heavy (non-hydrogen) atoms. The number of nitrogens with one attached hydrogen (secondary N) is 1. The third kappa shape index (κ3) is 3.60. The first kappa shape index (κ1) is 17.7. The van der Waals surface area contributed by atoms with Gasteiger partial charge in [0.2, 0.25) is 10.9 Å². The van der Waals surface area contributed by atoms with Crippen LogP contribution < -0.4 is 19.5 Å². The van der Waals surface area contributed by atoms with Crippen LogP contribution in [0, 0.1) is 0 Å². The number of amides is 1. The molecule has 3 aromatic rings. The van der Waals surface area contributed by atoms with Crippen LogP contribution in [0.1, 0.15) is 10.4 Å². The van der Waals surface area contributed by atoms with Crippen LogP contribution in [-0.4, -0.2) is 36.6 Å². The van der Waals surface area contributed by atoms with Crippen molar-refractivity contribution in [1.82, 2.24) is 9.36 Å². The molecule has 1 heterocycles. The van der Waals surface area contributed by atoms with Gasteiger partial charge in [-0.3, -0.25) is 10.1 Å². The normalized spacial score (nSPS) is 10.3. The summed E-state index contributed by atoms with van der Waals surface area (Å²) < 4.78 is 20.1. The highest BCUT2D eigenvalue weighted by atomic mass is 32.1. The van der Waals surface area contributed by atoms with E-state index in [0.29, 0.717) is 33.8 Å². The quantitative estimate of drug-likeness (QED) is 0.714. The second kappa shape index (κ2) is 7.83. The molecule has 3 rings (SSSR count). The zero-order chi connectivity index (χ0) is 18.5. The number of rotatable bonds is 6. The Morgan fingerprint density at radius 3 is 2.23 bits per heavy atom. The molecule has 0 saturated heterocycles. The van der Waals surface area contributed by atoms with Gasteiger partial charge >= 0.3 is 0 Å². The number of carbonyl (C=O) groups excluding carboxylic acids is 1. The Bertz CT molecular complexity index is 887. The van der Waals surface area contributed by atoms with Gasteiger partial charge in [0.15, 0.2) is 17.3 Å². The standard InChI is InChI=1S/C18H17N3O4S/c1-23-13-9-12(10-14(24-2)15(13)25-3)17(22)20-18-19-16(21-26-18)11-7-5-4-6-8-11/h4-10H,1-3H3,(H,19,20,21,22). The first-order chi connectivity index (χ1) is 12.7. The number of carbonyl (C=O) groups is 1. The Balaban J connectivity index is 1.83. The van der Waals surface area contributed by atoms with E-state index < -0.39 is 0 Å². The van der Waals surface area contributed by atoms with E-state index >= 15 is 0 Å². The molecule has 0 radical (unpaired) electrons. The van der Waals surface area contributed by atoms with Crippen molar-refractivity contribution in [3.8, 4) is 28.6 Å². The summed E-state index contributed by atoms with van der Waals surface area (Å²) in [4.78, 5) is 16.9. The van der Waals surface area contributed by atoms with Crippen molar-refractivity contribution in [3.63, 3.8) is 0 Å². The molecule has 1 N–H and O–H groups in total. The zero-order valence-corrected chi connectivity index (χ0v) is 15.3. The van der Waals surface area contributed by atoms with E-state index in [4.69, 9.17) is 14.2 Å². The summed E-state index contributed by atoms with van der Waals surface area (Å²) in [7, 11) is 4.50. The molecule has 0 saturated carbocycles. The van der Waals surface area contributed by atoms with Crippen LogP contribution >= 0.6 is 11.5 Å². The van der Waals surface area contributed by atoms with Gasteiger partial charge in [-0.15, -0.1) is 0 Å². The lowest BCUT2D eigenvalue weighted by atomic mass is 10.1. The largest absolute Gasteiger partial charge is 0.493 e. The molecule has 134 valence electrons. The number of anilines is 1. The van der Waals surface area contributed by atoms with Crippen LogP contribution in [0.4, 0.5) is 5.13 Å². The number of hydrogen-bond acceptors (Lipinski definition) is 7. The molecule has 0 aliphatic rings. The Morgan fingerprint density at radius 2 is 1.65 bits per heavy atom. The first-order valence-corrected chi connectivity index (χ1v) is 8.44. The maximum absolute atomic E-state index is 12.6. The highest BCUT2D eigenvalue weighted by Crippen LogP contribution is 2.38. The Kier molecular flexibility index (Phi) is 5.33. The minimum absolute atomic E-state index is 0.347. The predicted molar refractivity (Wildman–Crippen MR) is 99.4 cm³/mol. The molecule has 0 aliphatic carbocycles. The van der Waals surface area contributed by atoms with E-state index in [0.717, 1.165) is 17.1 Å². The molecule has 7 nitrogen and oxygen atoms in total. The molecule has 0 unspecified atom stereocenters. The SMILES string of the molecule is COc1cc(C(=O)Nc2nc(-c3ccccc3)ns2)cc(OC)c1OC. The average Bonchev–Trinajstić information content (AvgIpc) is 3.15. The maximum atomic E-state index is 12.6. The van der Waals surface area contributed by atoms with E-state index in [9.17, 15) is 4.79 Å². The molecule has 0 spiro atoms. The van der Waals surface area contributed by atoms with Crippen molar-refractivity contribution in [3.05, 3.63) is 48.0 Å². The number of ether oxygens (including phenoxy) is 3. The summed E-state index contributed by atoms with van der Waals surface area (Å²) in [5, 5.41) is 3.15. The van der Waals surface area contributed by atoms with E-state index in [2.05, 4.69) is 14.7 Å². The van der Waals surface area contributed by atoms with Crippen LogP contribution in [0.25, 0.3) is 11.4 Å². The summed E-state index contributed by atoms with van der Waals surface area (Å²) in [5.74, 6) is 1.45. The van der Waals surface area contributed by atoms with Crippen LogP contribution in [0.2, 0.25) is 0 Å². The molecule has 1 amide bonds.